The molecule has 3 fully saturated rings. The highest BCUT2D eigenvalue weighted by Crippen LogP contribution is 2.54. The van der Waals surface area contributed by atoms with Crippen LogP contribution < -0.4 is 5.32 Å². The van der Waals surface area contributed by atoms with E-state index in [9.17, 15) is 4.79 Å². The molecular formula is C16H28N2O. The van der Waals surface area contributed by atoms with Crippen molar-refractivity contribution < 1.29 is 4.79 Å². The summed E-state index contributed by atoms with van der Waals surface area (Å²) in [5.41, 5.74) is 0. The van der Waals surface area contributed by atoms with Crippen molar-refractivity contribution in [2.75, 3.05) is 19.6 Å². The SMILES string of the molecule is CC(C)NCC1CCCN(C(=O)C2CC3CC3C2)C1. The summed E-state index contributed by atoms with van der Waals surface area (Å²) in [4.78, 5) is 14.7. The molecule has 3 aliphatic rings. The maximum absolute atomic E-state index is 12.6. The first-order valence-corrected chi connectivity index (χ1v) is 8.15. The predicted molar refractivity (Wildman–Crippen MR) is 76.8 cm³/mol. The largest absolute Gasteiger partial charge is 0.342 e. The third-order valence-electron chi connectivity index (χ3n) is 5.24. The van der Waals surface area contributed by atoms with Gasteiger partial charge in [0.15, 0.2) is 0 Å². The molecule has 3 unspecified atom stereocenters. The molecule has 1 amide bonds. The molecule has 3 heteroatoms. The predicted octanol–water partition coefficient (Wildman–Crippen LogP) is 2.27. The number of carbonyl (C=O) groups excluding carboxylic acids is 1. The van der Waals surface area contributed by atoms with Gasteiger partial charge in [-0.15, -0.1) is 0 Å². The van der Waals surface area contributed by atoms with E-state index in [0.717, 1.165) is 31.5 Å². The fourth-order valence-corrected chi connectivity index (χ4v) is 4.01. The number of hydrogen-bond donors (Lipinski definition) is 1. The maximum Gasteiger partial charge on any atom is 0.225 e. The lowest BCUT2D eigenvalue weighted by Crippen LogP contribution is -2.45. The minimum atomic E-state index is 0.376. The molecule has 1 aliphatic heterocycles. The summed E-state index contributed by atoms with van der Waals surface area (Å²) in [6, 6.07) is 0.549. The molecule has 1 saturated heterocycles. The number of nitrogens with one attached hydrogen (secondary N) is 1. The molecule has 2 saturated carbocycles. The normalized spacial score (nSPS) is 37.5. The molecule has 0 spiro atoms. The summed E-state index contributed by atoms with van der Waals surface area (Å²) in [6.45, 7) is 7.44. The molecule has 1 N–H and O–H groups in total. The first-order chi connectivity index (χ1) is 9.13. The van der Waals surface area contributed by atoms with Gasteiger partial charge >= 0.3 is 0 Å². The fourth-order valence-electron chi connectivity index (χ4n) is 4.01. The van der Waals surface area contributed by atoms with Crippen LogP contribution in [0, 0.1) is 23.7 Å². The van der Waals surface area contributed by atoms with Crippen LogP contribution in [0.25, 0.3) is 0 Å². The van der Waals surface area contributed by atoms with Gasteiger partial charge in [-0.05, 0) is 56.4 Å². The van der Waals surface area contributed by atoms with Crippen molar-refractivity contribution in [3.63, 3.8) is 0 Å². The highest BCUT2D eigenvalue weighted by molar-refractivity contribution is 5.79. The maximum atomic E-state index is 12.6. The fraction of sp³-hybridized carbons (Fsp3) is 0.938. The zero-order valence-electron chi connectivity index (χ0n) is 12.4. The van der Waals surface area contributed by atoms with Crippen LogP contribution in [0.5, 0.6) is 0 Å². The van der Waals surface area contributed by atoms with Crippen LogP contribution in [-0.2, 0) is 4.79 Å². The zero-order valence-corrected chi connectivity index (χ0v) is 12.4. The van der Waals surface area contributed by atoms with Crippen LogP contribution in [0.15, 0.2) is 0 Å². The second-order valence-corrected chi connectivity index (χ2v) is 7.28. The van der Waals surface area contributed by atoms with E-state index in [1.165, 1.54) is 32.1 Å². The number of hydrogen-bond acceptors (Lipinski definition) is 2. The molecule has 3 atom stereocenters. The molecule has 108 valence electrons. The quantitative estimate of drug-likeness (QED) is 0.845. The Bertz CT molecular complexity index is 332. The molecule has 0 aromatic heterocycles. The van der Waals surface area contributed by atoms with Gasteiger partial charge in [-0.25, -0.2) is 0 Å². The Morgan fingerprint density at radius 1 is 1.26 bits per heavy atom. The number of amides is 1. The average molecular weight is 264 g/mol. The number of fused-ring (bicyclic) bond motifs is 1. The average Bonchev–Trinajstić information content (AvgIpc) is 3.02. The molecule has 0 bridgehead atoms. The van der Waals surface area contributed by atoms with Gasteiger partial charge in [-0.2, -0.15) is 0 Å². The van der Waals surface area contributed by atoms with E-state index in [4.69, 9.17) is 0 Å². The minimum absolute atomic E-state index is 0.376. The highest BCUT2D eigenvalue weighted by Gasteiger charge is 2.48. The summed E-state index contributed by atoms with van der Waals surface area (Å²) in [7, 11) is 0. The number of rotatable bonds is 4. The van der Waals surface area contributed by atoms with Crippen molar-refractivity contribution in [3.05, 3.63) is 0 Å². The van der Waals surface area contributed by atoms with Crippen molar-refractivity contribution in [2.24, 2.45) is 23.7 Å². The highest BCUT2D eigenvalue weighted by atomic mass is 16.2. The molecule has 0 radical (unpaired) electrons. The van der Waals surface area contributed by atoms with Crippen molar-refractivity contribution in [2.45, 2.75) is 52.0 Å². The second kappa shape index (κ2) is 5.43. The Hall–Kier alpha value is -0.570. The number of carbonyl (C=O) groups is 1. The lowest BCUT2D eigenvalue weighted by molar-refractivity contribution is -0.137. The topological polar surface area (TPSA) is 32.3 Å². The third kappa shape index (κ3) is 3.13. The van der Waals surface area contributed by atoms with Crippen LogP contribution in [0.3, 0.4) is 0 Å². The Kier molecular flexibility index (Phi) is 3.84. The number of likely N-dealkylation sites (tertiary alicyclic amines) is 1. The summed E-state index contributed by atoms with van der Waals surface area (Å²) in [5, 5.41) is 3.52. The van der Waals surface area contributed by atoms with Gasteiger partial charge < -0.3 is 10.2 Å². The van der Waals surface area contributed by atoms with Gasteiger partial charge in [-0.3, -0.25) is 4.79 Å². The van der Waals surface area contributed by atoms with Crippen LogP contribution in [0.1, 0.15) is 46.0 Å². The first-order valence-electron chi connectivity index (χ1n) is 8.15. The van der Waals surface area contributed by atoms with Gasteiger partial charge in [0.05, 0.1) is 0 Å². The van der Waals surface area contributed by atoms with E-state index in [1.807, 2.05) is 0 Å². The minimum Gasteiger partial charge on any atom is -0.342 e. The number of piperidine rings is 1. The van der Waals surface area contributed by atoms with E-state index >= 15 is 0 Å². The molecule has 19 heavy (non-hydrogen) atoms. The van der Waals surface area contributed by atoms with Crippen molar-refractivity contribution in [1.29, 1.82) is 0 Å². The van der Waals surface area contributed by atoms with Gasteiger partial charge in [0.2, 0.25) is 5.91 Å². The summed E-state index contributed by atoms with van der Waals surface area (Å²) < 4.78 is 0. The van der Waals surface area contributed by atoms with Crippen molar-refractivity contribution in [1.82, 2.24) is 10.2 Å². The van der Waals surface area contributed by atoms with E-state index in [2.05, 4.69) is 24.1 Å². The van der Waals surface area contributed by atoms with E-state index in [0.29, 0.717) is 23.8 Å². The van der Waals surface area contributed by atoms with E-state index in [-0.39, 0.29) is 0 Å². The van der Waals surface area contributed by atoms with Crippen molar-refractivity contribution in [3.8, 4) is 0 Å². The summed E-state index contributed by atoms with van der Waals surface area (Å²) in [6.07, 6.45) is 6.25. The third-order valence-corrected chi connectivity index (χ3v) is 5.24. The molecule has 0 aromatic rings. The second-order valence-electron chi connectivity index (χ2n) is 7.28. The molecular weight excluding hydrogens is 236 g/mol. The zero-order chi connectivity index (χ0) is 13.4. The van der Waals surface area contributed by atoms with Crippen LogP contribution >= 0.6 is 0 Å². The van der Waals surface area contributed by atoms with E-state index in [1.54, 1.807) is 0 Å². The van der Waals surface area contributed by atoms with Gasteiger partial charge in [0, 0.05) is 25.0 Å². The Morgan fingerprint density at radius 3 is 2.68 bits per heavy atom. The molecule has 1 heterocycles. The molecule has 0 aromatic carbocycles. The molecule has 2 aliphatic carbocycles. The summed E-state index contributed by atoms with van der Waals surface area (Å²) in [5.74, 6) is 3.34. The first kappa shape index (κ1) is 13.4. The van der Waals surface area contributed by atoms with Crippen LogP contribution in [0.2, 0.25) is 0 Å². The monoisotopic (exact) mass is 264 g/mol. The Morgan fingerprint density at radius 2 is 2.00 bits per heavy atom. The van der Waals surface area contributed by atoms with Gasteiger partial charge in [0.25, 0.3) is 0 Å². The smallest absolute Gasteiger partial charge is 0.225 e. The van der Waals surface area contributed by atoms with Gasteiger partial charge in [0.1, 0.15) is 0 Å². The Labute approximate surface area is 117 Å². The van der Waals surface area contributed by atoms with Crippen molar-refractivity contribution >= 4 is 5.91 Å². The number of nitrogens with zero attached hydrogens (tertiary/aromatic N) is 1. The molecule has 3 rings (SSSR count). The van der Waals surface area contributed by atoms with Crippen LogP contribution in [-0.4, -0.2) is 36.5 Å². The Balaban J connectivity index is 1.48. The standard InChI is InChI=1S/C16H28N2O/c1-11(2)17-9-12-4-3-5-18(10-12)16(19)15-7-13-6-14(13)8-15/h11-15,17H,3-10H2,1-2H3. The van der Waals surface area contributed by atoms with E-state index < -0.39 is 0 Å². The lowest BCUT2D eigenvalue weighted by Gasteiger charge is -2.35. The van der Waals surface area contributed by atoms with Gasteiger partial charge in [-0.1, -0.05) is 13.8 Å². The molecule has 3 nitrogen and oxygen atoms in total. The lowest BCUT2D eigenvalue weighted by atomic mass is 9.95. The van der Waals surface area contributed by atoms with Crippen LogP contribution in [0.4, 0.5) is 0 Å². The summed E-state index contributed by atoms with van der Waals surface area (Å²) >= 11 is 0.